The number of fused-ring (bicyclic) bond motifs is 9. The van der Waals surface area contributed by atoms with Crippen molar-refractivity contribution in [3.8, 4) is 23.3 Å². The van der Waals surface area contributed by atoms with Gasteiger partial charge < -0.3 is 24.8 Å². The molecule has 3 aliphatic heterocycles. The quantitative estimate of drug-likeness (QED) is 0.141. The highest BCUT2D eigenvalue weighted by Crippen LogP contribution is 2.46. The Labute approximate surface area is 323 Å². The van der Waals surface area contributed by atoms with Gasteiger partial charge in [0, 0.05) is 41.9 Å². The summed E-state index contributed by atoms with van der Waals surface area (Å²) in [5.41, 5.74) is 3.63. The summed E-state index contributed by atoms with van der Waals surface area (Å²) >= 11 is 0. The lowest BCUT2D eigenvalue weighted by molar-refractivity contribution is -0.170. The highest BCUT2D eigenvalue weighted by Gasteiger charge is 2.47. The highest BCUT2D eigenvalue weighted by atomic mass is 16.6. The van der Waals surface area contributed by atoms with Crippen LogP contribution in [0.1, 0.15) is 123 Å². The Hall–Kier alpha value is -4.71. The second kappa shape index (κ2) is 15.1. The summed E-state index contributed by atoms with van der Waals surface area (Å²) in [7, 11) is 0. The third-order valence-corrected chi connectivity index (χ3v) is 13.3. The maximum Gasteiger partial charge on any atom is 0.334 e. The Kier molecular flexibility index (Phi) is 10.2. The van der Waals surface area contributed by atoms with Crippen molar-refractivity contribution in [2.75, 3.05) is 0 Å². The number of Topliss-reactive ketones (excluding diaryl/α,β-unsaturated/α-hetero) is 1. The van der Waals surface area contributed by atoms with Crippen LogP contribution in [0.25, 0.3) is 0 Å². The monoisotopic (exact) mass is 742 g/mol. The fraction of sp³-hybridized carbons (Fsp3) is 0.468. The molecule has 3 heterocycles. The number of ketones is 1. The molecule has 3 aromatic carbocycles. The van der Waals surface area contributed by atoms with E-state index < -0.39 is 35.5 Å². The number of hydrogen-bond donors (Lipinski definition) is 3. The number of phenols is 1. The van der Waals surface area contributed by atoms with Crippen molar-refractivity contribution in [3.63, 3.8) is 0 Å². The molecule has 8 heteroatoms. The maximum atomic E-state index is 14.9. The summed E-state index contributed by atoms with van der Waals surface area (Å²) in [5, 5.41) is 34.0. The van der Waals surface area contributed by atoms with Gasteiger partial charge in [-0.3, -0.25) is 9.59 Å². The highest BCUT2D eigenvalue weighted by molar-refractivity contribution is 5.89. The topological polar surface area (TPSA) is 130 Å². The third-order valence-electron chi connectivity index (χ3n) is 13.3. The van der Waals surface area contributed by atoms with Crippen LogP contribution < -0.4 is 4.74 Å². The Morgan fingerprint density at radius 2 is 1.69 bits per heavy atom. The van der Waals surface area contributed by atoms with Crippen LogP contribution >= 0.6 is 0 Å². The molecule has 0 saturated heterocycles. The summed E-state index contributed by atoms with van der Waals surface area (Å²) in [6, 6.07) is 19.4. The molecule has 0 aromatic heterocycles. The number of carbonyl (C=O) groups excluding carboxylic acids is 3. The minimum atomic E-state index is -1.56. The first-order chi connectivity index (χ1) is 26.5. The number of allylic oxidation sites excluding steroid dienone is 1. The van der Waals surface area contributed by atoms with Gasteiger partial charge in [0.2, 0.25) is 0 Å². The Bertz CT molecular complexity index is 2090. The normalized spacial score (nSPS) is 30.1. The second-order valence-electron chi connectivity index (χ2n) is 16.8. The van der Waals surface area contributed by atoms with Crippen LogP contribution in [-0.2, 0) is 44.0 Å². The van der Waals surface area contributed by atoms with Gasteiger partial charge in [-0.15, -0.1) is 0 Å². The number of aliphatic hydroxyl groups is 2. The van der Waals surface area contributed by atoms with Crippen LogP contribution in [0, 0.1) is 23.7 Å². The van der Waals surface area contributed by atoms with E-state index in [-0.39, 0.29) is 60.4 Å². The van der Waals surface area contributed by atoms with Gasteiger partial charge in [-0.1, -0.05) is 85.7 Å². The molecule has 8 bridgehead atoms. The van der Waals surface area contributed by atoms with Gasteiger partial charge in [-0.05, 0) is 97.1 Å². The van der Waals surface area contributed by atoms with E-state index in [2.05, 4.69) is 36.1 Å². The standard InChI is InChI=1S/C47H50O8/c1-46(53)37-13-14-40(49)35(23-37)19-29-7-6-10-38(21-29)47(16-3-2-4-17-47)18-15-34-22-32(31-9-5-8-30(20-31)28-48)11-12-33-26-44(51)54-42-27-41(50)36(24-39(33)42)25-43(46)55-45(34)52/h5-10,15,20-21,24,27,32-33,35,37,43,48,50,53H,2-4,13-14,16-19,22-23,25-26,28H2,1H3/b34-15-/t32-,33+,35+,37-,43+,46-/m0/s1. The predicted octanol–water partition coefficient (Wildman–Crippen LogP) is 7.43. The number of aliphatic hydroxyl groups excluding tert-OH is 1. The molecule has 0 unspecified atom stereocenters. The van der Waals surface area contributed by atoms with Crippen molar-refractivity contribution in [2.45, 2.75) is 126 Å². The van der Waals surface area contributed by atoms with Crippen molar-refractivity contribution in [1.82, 2.24) is 0 Å². The lowest BCUT2D eigenvalue weighted by Gasteiger charge is -2.42. The van der Waals surface area contributed by atoms with Crippen molar-refractivity contribution in [2.24, 2.45) is 11.8 Å². The van der Waals surface area contributed by atoms with Crippen molar-refractivity contribution >= 4 is 17.7 Å². The van der Waals surface area contributed by atoms with Gasteiger partial charge in [-0.2, -0.15) is 0 Å². The lowest BCUT2D eigenvalue weighted by atomic mass is 9.66. The minimum Gasteiger partial charge on any atom is -0.508 e. The van der Waals surface area contributed by atoms with Gasteiger partial charge in [-0.25, -0.2) is 4.79 Å². The van der Waals surface area contributed by atoms with Gasteiger partial charge in [0.1, 0.15) is 29.0 Å². The molecule has 5 aliphatic rings. The van der Waals surface area contributed by atoms with Crippen LogP contribution in [0.5, 0.6) is 11.5 Å². The van der Waals surface area contributed by atoms with E-state index >= 15 is 0 Å². The first kappa shape index (κ1) is 37.2. The SMILES string of the molecule is C[C@]1(O)[C@H]2CCC(=O)[C@H](Cc3cccc(c3)C3(C/C=C4/C[C@@H](c5cccc(CO)c5)C#C[C@@H]5CC(=O)Oc6cc(O)c(cc65)C[C@H]1OC4=O)CCCCC3)C2. The molecule has 6 atom stereocenters. The fourth-order valence-corrected chi connectivity index (χ4v) is 9.91. The predicted molar refractivity (Wildman–Crippen MR) is 206 cm³/mol. The molecular weight excluding hydrogens is 693 g/mol. The smallest absolute Gasteiger partial charge is 0.334 e. The number of aromatic hydroxyl groups is 1. The average molecular weight is 743 g/mol. The van der Waals surface area contributed by atoms with Gasteiger partial charge in [0.15, 0.2) is 0 Å². The lowest BCUT2D eigenvalue weighted by Crippen LogP contribution is -2.52. The summed E-state index contributed by atoms with van der Waals surface area (Å²) in [6.45, 7) is 1.55. The first-order valence-corrected chi connectivity index (χ1v) is 20.0. The van der Waals surface area contributed by atoms with Crippen LogP contribution in [0.3, 0.4) is 0 Å². The largest absolute Gasteiger partial charge is 0.508 e. The molecule has 0 amide bonds. The number of phenolic OH excluding ortho intramolecular Hbond substituents is 1. The molecule has 3 aromatic rings. The number of ether oxygens (including phenoxy) is 2. The summed E-state index contributed by atoms with van der Waals surface area (Å²) < 4.78 is 12.1. The molecule has 2 aliphatic carbocycles. The number of carbonyl (C=O) groups is 3. The van der Waals surface area contributed by atoms with Crippen molar-refractivity contribution in [1.29, 1.82) is 0 Å². The van der Waals surface area contributed by atoms with E-state index in [1.807, 2.05) is 30.3 Å². The molecule has 2 saturated carbocycles. The summed E-state index contributed by atoms with van der Waals surface area (Å²) in [4.78, 5) is 41.2. The first-order valence-electron chi connectivity index (χ1n) is 20.0. The van der Waals surface area contributed by atoms with Gasteiger partial charge in [0.25, 0.3) is 0 Å². The number of benzene rings is 3. The number of hydrogen-bond acceptors (Lipinski definition) is 8. The van der Waals surface area contributed by atoms with E-state index in [1.54, 1.807) is 13.0 Å². The molecule has 8 nitrogen and oxygen atoms in total. The van der Waals surface area contributed by atoms with Gasteiger partial charge in [0.05, 0.1) is 18.9 Å². The molecule has 8 rings (SSSR count). The average Bonchev–Trinajstić information content (AvgIpc) is 3.19. The van der Waals surface area contributed by atoms with Crippen molar-refractivity contribution in [3.05, 3.63) is 106 Å². The Morgan fingerprint density at radius 1 is 0.891 bits per heavy atom. The van der Waals surface area contributed by atoms with Crippen molar-refractivity contribution < 1.29 is 39.2 Å². The van der Waals surface area contributed by atoms with E-state index in [9.17, 15) is 29.7 Å². The molecule has 2 fully saturated rings. The number of rotatable bonds is 2. The maximum absolute atomic E-state index is 14.9. The fourth-order valence-electron chi connectivity index (χ4n) is 9.91. The second-order valence-corrected chi connectivity index (χ2v) is 16.8. The van der Waals surface area contributed by atoms with Crippen LogP contribution in [0.4, 0.5) is 0 Å². The van der Waals surface area contributed by atoms with E-state index in [0.29, 0.717) is 54.4 Å². The third kappa shape index (κ3) is 7.49. The Morgan fingerprint density at radius 3 is 2.51 bits per heavy atom. The molecule has 55 heavy (non-hydrogen) atoms. The zero-order valence-corrected chi connectivity index (χ0v) is 31.5. The molecule has 3 N–H and O–H groups in total. The van der Waals surface area contributed by atoms with Crippen LogP contribution in [-0.4, -0.2) is 44.7 Å². The van der Waals surface area contributed by atoms with E-state index in [1.165, 1.54) is 11.6 Å². The van der Waals surface area contributed by atoms with Gasteiger partial charge >= 0.3 is 11.9 Å². The zero-order chi connectivity index (χ0) is 38.3. The van der Waals surface area contributed by atoms with E-state index in [0.717, 1.165) is 43.2 Å². The summed E-state index contributed by atoms with van der Waals surface area (Å²) in [5.74, 6) is 4.41. The molecule has 1 spiro atoms. The molecular formula is C47H50O8. The number of esters is 2. The zero-order valence-electron chi connectivity index (χ0n) is 31.5. The summed E-state index contributed by atoms with van der Waals surface area (Å²) in [6.07, 6.45) is 8.81. The van der Waals surface area contributed by atoms with Crippen LogP contribution in [0.2, 0.25) is 0 Å². The van der Waals surface area contributed by atoms with Crippen LogP contribution in [0.15, 0.2) is 72.3 Å². The van der Waals surface area contributed by atoms with E-state index in [4.69, 9.17) is 9.47 Å². The molecule has 286 valence electrons. The molecule has 0 radical (unpaired) electrons. The minimum absolute atomic E-state index is 0.00102. The Balaban J connectivity index is 1.33.